The Kier molecular flexibility index (Phi) is 11.6. The van der Waals surface area contributed by atoms with Gasteiger partial charge in [-0.15, -0.1) is 24.0 Å². The molecule has 1 atom stereocenters. The highest BCUT2D eigenvalue weighted by atomic mass is 127. The number of nitrogens with one attached hydrogen (secondary N) is 1. The monoisotopic (exact) mass is 540 g/mol. The van der Waals surface area contributed by atoms with Crippen LogP contribution >= 0.6 is 24.0 Å². The number of benzene rings is 1. The molecule has 1 aromatic heterocycles. The Hall–Kier alpha value is -1.91. The third kappa shape index (κ3) is 8.62. The van der Waals surface area contributed by atoms with Gasteiger partial charge in [-0.3, -0.25) is 4.99 Å². The number of aliphatic imine (C=N–C) groups is 1. The first-order valence-electron chi connectivity index (χ1n) is 10.4. The number of ether oxygens (including phenoxy) is 3. The molecule has 2 aromatic rings. The van der Waals surface area contributed by atoms with Gasteiger partial charge in [0, 0.05) is 52.0 Å². The van der Waals surface area contributed by atoms with Crippen LogP contribution in [0.25, 0.3) is 0 Å². The third-order valence-electron chi connectivity index (χ3n) is 5.05. The zero-order valence-electron chi connectivity index (χ0n) is 18.3. The molecule has 0 bridgehead atoms. The lowest BCUT2D eigenvalue weighted by atomic mass is 10.1. The van der Waals surface area contributed by atoms with E-state index in [2.05, 4.69) is 32.3 Å². The zero-order chi connectivity index (χ0) is 21.0. The molecule has 0 amide bonds. The summed E-state index contributed by atoms with van der Waals surface area (Å²) in [5.41, 5.74) is 2.30. The standard InChI is InChI=1S/C23H32N4O3.HI/c1-24-23(26-15-20-8-9-22(25-14-20)30-13-12-28-2)27-11-10-21(16-27)18-29-17-19-6-4-3-5-7-19;/h3-9,14,21H,10-13,15-18H2,1-2H3,(H,24,26);1H. The van der Waals surface area contributed by atoms with E-state index in [1.54, 1.807) is 7.11 Å². The van der Waals surface area contributed by atoms with Gasteiger partial charge in [0.15, 0.2) is 5.96 Å². The average molecular weight is 540 g/mol. The van der Waals surface area contributed by atoms with Crippen LogP contribution in [0, 0.1) is 5.92 Å². The molecule has 31 heavy (non-hydrogen) atoms. The molecule has 170 valence electrons. The van der Waals surface area contributed by atoms with Crippen LogP contribution in [-0.2, 0) is 22.6 Å². The molecule has 1 fully saturated rings. The molecule has 1 N–H and O–H groups in total. The molecule has 1 aliphatic rings. The summed E-state index contributed by atoms with van der Waals surface area (Å²) in [5, 5.41) is 3.44. The Balaban J connectivity index is 0.00000341. The summed E-state index contributed by atoms with van der Waals surface area (Å²) in [6.07, 6.45) is 2.94. The molecule has 7 nitrogen and oxygen atoms in total. The van der Waals surface area contributed by atoms with Crippen molar-refractivity contribution in [2.75, 3.05) is 47.1 Å². The number of methoxy groups -OCH3 is 1. The van der Waals surface area contributed by atoms with Crippen LogP contribution in [0.1, 0.15) is 17.5 Å². The molecule has 0 saturated carbocycles. The first-order valence-corrected chi connectivity index (χ1v) is 10.4. The van der Waals surface area contributed by atoms with Crippen molar-refractivity contribution in [3.8, 4) is 5.88 Å². The van der Waals surface area contributed by atoms with Gasteiger partial charge >= 0.3 is 0 Å². The average Bonchev–Trinajstić information content (AvgIpc) is 3.25. The van der Waals surface area contributed by atoms with E-state index in [1.165, 1.54) is 5.56 Å². The number of aromatic nitrogens is 1. The Morgan fingerprint density at radius 1 is 1.16 bits per heavy atom. The van der Waals surface area contributed by atoms with E-state index >= 15 is 0 Å². The fraction of sp³-hybridized carbons (Fsp3) is 0.478. The number of halogens is 1. The number of rotatable bonds is 10. The van der Waals surface area contributed by atoms with E-state index in [9.17, 15) is 0 Å². The van der Waals surface area contributed by atoms with Crippen LogP contribution in [0.2, 0.25) is 0 Å². The van der Waals surface area contributed by atoms with Crippen LogP contribution in [0.5, 0.6) is 5.88 Å². The maximum absolute atomic E-state index is 5.93. The highest BCUT2D eigenvalue weighted by Gasteiger charge is 2.24. The smallest absolute Gasteiger partial charge is 0.213 e. The molecule has 8 heteroatoms. The first-order chi connectivity index (χ1) is 14.8. The lowest BCUT2D eigenvalue weighted by Crippen LogP contribution is -2.39. The summed E-state index contributed by atoms with van der Waals surface area (Å²) in [6, 6.07) is 14.2. The van der Waals surface area contributed by atoms with Crippen LogP contribution in [0.4, 0.5) is 0 Å². The first kappa shape index (κ1) is 25.4. The fourth-order valence-electron chi connectivity index (χ4n) is 3.42. The van der Waals surface area contributed by atoms with Gasteiger partial charge in [0.1, 0.15) is 6.61 Å². The van der Waals surface area contributed by atoms with Crippen molar-refractivity contribution >= 4 is 29.9 Å². The molecule has 0 aliphatic carbocycles. The second-order valence-corrected chi connectivity index (χ2v) is 7.35. The van der Waals surface area contributed by atoms with Gasteiger partial charge in [-0.2, -0.15) is 0 Å². The van der Waals surface area contributed by atoms with Gasteiger partial charge in [-0.25, -0.2) is 4.98 Å². The van der Waals surface area contributed by atoms with Gasteiger partial charge in [0.05, 0.1) is 19.8 Å². The topological polar surface area (TPSA) is 68.2 Å². The summed E-state index contributed by atoms with van der Waals surface area (Å²) in [5.74, 6) is 2.05. The molecule has 0 spiro atoms. The lowest BCUT2D eigenvalue weighted by molar-refractivity contribution is 0.0906. The maximum atomic E-state index is 5.93. The molecule has 1 aromatic carbocycles. The number of guanidine groups is 1. The van der Waals surface area contributed by atoms with Gasteiger partial charge in [-0.05, 0) is 17.5 Å². The second kappa shape index (κ2) is 14.2. The van der Waals surface area contributed by atoms with E-state index in [-0.39, 0.29) is 24.0 Å². The van der Waals surface area contributed by atoms with Crippen molar-refractivity contribution in [1.29, 1.82) is 0 Å². The van der Waals surface area contributed by atoms with Crippen LogP contribution in [-0.4, -0.2) is 62.9 Å². The Bertz CT molecular complexity index is 774. The Morgan fingerprint density at radius 2 is 2.00 bits per heavy atom. The number of nitrogens with zero attached hydrogens (tertiary/aromatic N) is 3. The molecule has 1 unspecified atom stereocenters. The predicted molar refractivity (Wildman–Crippen MR) is 133 cm³/mol. The number of hydrogen-bond donors (Lipinski definition) is 1. The summed E-state index contributed by atoms with van der Waals surface area (Å²) in [7, 11) is 3.48. The van der Waals surface area contributed by atoms with Gasteiger partial charge in [0.25, 0.3) is 0 Å². The van der Waals surface area contributed by atoms with E-state index in [4.69, 9.17) is 14.2 Å². The van der Waals surface area contributed by atoms with E-state index in [1.807, 2.05) is 43.6 Å². The minimum Gasteiger partial charge on any atom is -0.475 e. The van der Waals surface area contributed by atoms with Crippen molar-refractivity contribution in [2.45, 2.75) is 19.6 Å². The summed E-state index contributed by atoms with van der Waals surface area (Å²) < 4.78 is 16.4. The number of hydrogen-bond acceptors (Lipinski definition) is 5. The van der Waals surface area contributed by atoms with Crippen molar-refractivity contribution in [3.05, 3.63) is 59.8 Å². The maximum Gasteiger partial charge on any atom is 0.213 e. The molecule has 0 radical (unpaired) electrons. The number of pyridine rings is 1. The Labute approximate surface area is 202 Å². The minimum atomic E-state index is 0. The van der Waals surface area contributed by atoms with Crippen molar-refractivity contribution in [1.82, 2.24) is 15.2 Å². The predicted octanol–water partition coefficient (Wildman–Crippen LogP) is 3.34. The molecular weight excluding hydrogens is 507 g/mol. The Morgan fingerprint density at radius 3 is 2.71 bits per heavy atom. The minimum absolute atomic E-state index is 0. The van der Waals surface area contributed by atoms with Crippen LogP contribution in [0.15, 0.2) is 53.7 Å². The molecule has 3 rings (SSSR count). The summed E-state index contributed by atoms with van der Waals surface area (Å²) in [6.45, 7) is 5.11. The summed E-state index contributed by atoms with van der Waals surface area (Å²) >= 11 is 0. The van der Waals surface area contributed by atoms with Gasteiger partial charge in [-0.1, -0.05) is 36.4 Å². The lowest BCUT2D eigenvalue weighted by Gasteiger charge is -2.21. The van der Waals surface area contributed by atoms with Crippen LogP contribution in [0.3, 0.4) is 0 Å². The fourth-order valence-corrected chi connectivity index (χ4v) is 3.42. The largest absolute Gasteiger partial charge is 0.475 e. The van der Waals surface area contributed by atoms with Gasteiger partial charge in [0.2, 0.25) is 5.88 Å². The SMILES string of the molecule is CN=C(NCc1ccc(OCCOC)nc1)N1CCC(COCc2ccccc2)C1.I. The normalized spacial score (nSPS) is 16.1. The zero-order valence-corrected chi connectivity index (χ0v) is 20.7. The summed E-state index contributed by atoms with van der Waals surface area (Å²) in [4.78, 5) is 11.1. The second-order valence-electron chi connectivity index (χ2n) is 7.35. The van der Waals surface area contributed by atoms with Crippen LogP contribution < -0.4 is 10.1 Å². The molecule has 1 aliphatic heterocycles. The van der Waals surface area contributed by atoms with E-state index < -0.39 is 0 Å². The van der Waals surface area contributed by atoms with E-state index in [0.717, 1.165) is 37.6 Å². The molecule has 2 heterocycles. The number of likely N-dealkylation sites (tertiary alicyclic amines) is 1. The van der Waals surface area contributed by atoms with Crippen molar-refractivity contribution < 1.29 is 14.2 Å². The highest BCUT2D eigenvalue weighted by Crippen LogP contribution is 2.17. The van der Waals surface area contributed by atoms with E-state index in [0.29, 0.717) is 38.2 Å². The highest BCUT2D eigenvalue weighted by molar-refractivity contribution is 14.0. The van der Waals surface area contributed by atoms with Crippen molar-refractivity contribution in [3.63, 3.8) is 0 Å². The van der Waals surface area contributed by atoms with Crippen molar-refractivity contribution in [2.24, 2.45) is 10.9 Å². The van der Waals surface area contributed by atoms with Gasteiger partial charge < -0.3 is 24.4 Å². The third-order valence-corrected chi connectivity index (χ3v) is 5.05. The quantitative estimate of drug-likeness (QED) is 0.216. The molecular formula is C23H33IN4O3. The molecule has 1 saturated heterocycles.